The lowest BCUT2D eigenvalue weighted by Gasteiger charge is -2.26. The molecule has 13 heteroatoms. The number of tetrazole rings is 1. The van der Waals surface area contributed by atoms with E-state index in [-0.39, 0.29) is 43.2 Å². The number of carbonyl (C=O) groups is 1. The van der Waals surface area contributed by atoms with Crippen molar-refractivity contribution < 1.29 is 26.7 Å². The van der Waals surface area contributed by atoms with E-state index in [0.717, 1.165) is 27.2 Å². The Morgan fingerprint density at radius 1 is 1.09 bits per heavy atom. The van der Waals surface area contributed by atoms with Gasteiger partial charge in [0, 0.05) is 24.3 Å². The fourth-order valence-corrected chi connectivity index (χ4v) is 4.68. The second-order valence-electron chi connectivity index (χ2n) is 6.92. The van der Waals surface area contributed by atoms with Crippen molar-refractivity contribution in [2.75, 3.05) is 31.6 Å². The molecule has 1 aliphatic rings. The molecule has 1 N–H and O–H groups in total. The fourth-order valence-electron chi connectivity index (χ4n) is 3.18. The highest BCUT2D eigenvalue weighted by molar-refractivity contribution is 7.89. The van der Waals surface area contributed by atoms with Crippen LogP contribution in [0.1, 0.15) is 16.2 Å². The van der Waals surface area contributed by atoms with Gasteiger partial charge < -0.3 is 10.1 Å². The molecule has 10 nitrogen and oxygen atoms in total. The van der Waals surface area contributed by atoms with E-state index in [2.05, 4.69) is 20.8 Å². The molecule has 0 radical (unpaired) electrons. The number of halogens is 2. The van der Waals surface area contributed by atoms with Gasteiger partial charge in [0.2, 0.25) is 10.0 Å². The van der Waals surface area contributed by atoms with Crippen LogP contribution >= 0.6 is 0 Å². The van der Waals surface area contributed by atoms with Crippen LogP contribution in [0.2, 0.25) is 0 Å². The minimum atomic E-state index is -4.15. The molecule has 1 aromatic heterocycles. The number of rotatable bonds is 5. The zero-order chi connectivity index (χ0) is 22.9. The van der Waals surface area contributed by atoms with Gasteiger partial charge in [-0.2, -0.15) is 8.99 Å². The molecule has 0 saturated carbocycles. The molecule has 0 aliphatic carbocycles. The van der Waals surface area contributed by atoms with Crippen molar-refractivity contribution >= 4 is 21.6 Å². The molecule has 1 amide bonds. The summed E-state index contributed by atoms with van der Waals surface area (Å²) in [5.74, 6) is -1.94. The van der Waals surface area contributed by atoms with E-state index in [1.54, 1.807) is 6.92 Å². The summed E-state index contributed by atoms with van der Waals surface area (Å²) in [5.41, 5.74) is 0.144. The largest absolute Gasteiger partial charge is 0.379 e. The van der Waals surface area contributed by atoms with Gasteiger partial charge in [-0.15, -0.1) is 5.10 Å². The molecule has 168 valence electrons. The normalized spacial score (nSPS) is 15.0. The molecule has 2 aromatic carbocycles. The number of carbonyl (C=O) groups excluding carboxylic acids is 1. The molecule has 0 atom stereocenters. The summed E-state index contributed by atoms with van der Waals surface area (Å²) in [6.07, 6.45) is 0. The van der Waals surface area contributed by atoms with Gasteiger partial charge in [0.1, 0.15) is 22.2 Å². The number of amides is 1. The van der Waals surface area contributed by atoms with Gasteiger partial charge >= 0.3 is 0 Å². The lowest BCUT2D eigenvalue weighted by atomic mass is 10.2. The maximum absolute atomic E-state index is 14.4. The molecule has 2 heterocycles. The SMILES string of the molecule is Cc1nnnn1-c1cc(NC(=O)c2ccc(F)c(S(=O)(=O)N3CCOCC3)c2)ccc1F. The molecule has 3 aromatic rings. The van der Waals surface area contributed by atoms with Crippen LogP contribution < -0.4 is 5.32 Å². The maximum Gasteiger partial charge on any atom is 0.255 e. The van der Waals surface area contributed by atoms with E-state index >= 15 is 0 Å². The lowest BCUT2D eigenvalue weighted by molar-refractivity contribution is 0.0729. The number of anilines is 1. The highest BCUT2D eigenvalue weighted by atomic mass is 32.2. The molecule has 0 unspecified atom stereocenters. The first-order valence-electron chi connectivity index (χ1n) is 9.51. The average Bonchev–Trinajstić information content (AvgIpc) is 3.21. The van der Waals surface area contributed by atoms with Crippen LogP contribution in [0.25, 0.3) is 5.69 Å². The third-order valence-electron chi connectivity index (χ3n) is 4.84. The standard InChI is InChI=1S/C19H18F2N6O4S/c1-12-23-24-25-27(12)17-11-14(3-5-15(17)20)22-19(28)13-2-4-16(21)18(10-13)32(29,30)26-6-8-31-9-7-26/h2-5,10-11H,6-9H2,1H3,(H,22,28). The first kappa shape index (κ1) is 21.9. The van der Waals surface area contributed by atoms with E-state index < -0.39 is 32.5 Å². The Bertz CT molecular complexity index is 1270. The van der Waals surface area contributed by atoms with Crippen molar-refractivity contribution in [3.05, 3.63) is 59.4 Å². The Morgan fingerprint density at radius 2 is 1.81 bits per heavy atom. The van der Waals surface area contributed by atoms with Gasteiger partial charge in [-0.1, -0.05) is 0 Å². The van der Waals surface area contributed by atoms with Crippen molar-refractivity contribution in [2.24, 2.45) is 0 Å². The number of nitrogens with one attached hydrogen (secondary N) is 1. The molecule has 0 spiro atoms. The minimum Gasteiger partial charge on any atom is -0.379 e. The number of aromatic nitrogens is 4. The number of hydrogen-bond acceptors (Lipinski definition) is 7. The van der Waals surface area contributed by atoms with Crippen LogP contribution in [0.4, 0.5) is 14.5 Å². The molecule has 1 fully saturated rings. The lowest BCUT2D eigenvalue weighted by Crippen LogP contribution is -2.41. The second-order valence-corrected chi connectivity index (χ2v) is 8.83. The summed E-state index contributed by atoms with van der Waals surface area (Å²) in [6.45, 7) is 2.17. The van der Waals surface area contributed by atoms with Crippen molar-refractivity contribution in [1.82, 2.24) is 24.5 Å². The summed E-state index contributed by atoms with van der Waals surface area (Å²) in [5, 5.41) is 13.4. The first-order chi connectivity index (χ1) is 15.3. The zero-order valence-corrected chi connectivity index (χ0v) is 17.6. The van der Waals surface area contributed by atoms with Gasteiger partial charge in [-0.05, 0) is 53.7 Å². The zero-order valence-electron chi connectivity index (χ0n) is 16.8. The third kappa shape index (κ3) is 4.22. The summed E-state index contributed by atoms with van der Waals surface area (Å²) >= 11 is 0. The summed E-state index contributed by atoms with van der Waals surface area (Å²) in [6, 6.07) is 6.84. The Kier molecular flexibility index (Phi) is 5.95. The van der Waals surface area contributed by atoms with Crippen LogP contribution in [-0.2, 0) is 14.8 Å². The van der Waals surface area contributed by atoms with Crippen molar-refractivity contribution in [3.8, 4) is 5.69 Å². The predicted molar refractivity (Wildman–Crippen MR) is 108 cm³/mol. The summed E-state index contributed by atoms with van der Waals surface area (Å²) in [7, 11) is -4.15. The van der Waals surface area contributed by atoms with Crippen LogP contribution in [0.15, 0.2) is 41.3 Å². The summed E-state index contributed by atoms with van der Waals surface area (Å²) in [4.78, 5) is 12.1. The van der Waals surface area contributed by atoms with E-state index in [4.69, 9.17) is 4.74 Å². The Labute approximate surface area is 181 Å². The van der Waals surface area contributed by atoms with Crippen molar-refractivity contribution in [3.63, 3.8) is 0 Å². The predicted octanol–water partition coefficient (Wildman–Crippen LogP) is 1.52. The van der Waals surface area contributed by atoms with Crippen LogP contribution in [-0.4, -0.2) is 65.1 Å². The molecule has 0 bridgehead atoms. The molecular formula is C19H18F2N6O4S. The highest BCUT2D eigenvalue weighted by Gasteiger charge is 2.29. The molecule has 1 saturated heterocycles. The third-order valence-corrected chi connectivity index (χ3v) is 6.75. The number of nitrogens with zero attached hydrogens (tertiary/aromatic N) is 5. The Balaban J connectivity index is 1.61. The maximum atomic E-state index is 14.4. The molecule has 1 aliphatic heterocycles. The monoisotopic (exact) mass is 464 g/mol. The van der Waals surface area contributed by atoms with Crippen LogP contribution in [0.3, 0.4) is 0 Å². The molecule has 32 heavy (non-hydrogen) atoms. The van der Waals surface area contributed by atoms with E-state index in [1.165, 1.54) is 18.2 Å². The van der Waals surface area contributed by atoms with Crippen LogP contribution in [0, 0.1) is 18.6 Å². The Morgan fingerprint density at radius 3 is 2.50 bits per heavy atom. The smallest absolute Gasteiger partial charge is 0.255 e. The number of ether oxygens (including phenoxy) is 1. The number of benzene rings is 2. The van der Waals surface area contributed by atoms with Gasteiger partial charge in [-0.25, -0.2) is 17.2 Å². The Hall–Kier alpha value is -3.29. The number of hydrogen-bond donors (Lipinski definition) is 1. The number of morpholine rings is 1. The van der Waals surface area contributed by atoms with Gasteiger partial charge in [-0.3, -0.25) is 4.79 Å². The van der Waals surface area contributed by atoms with Gasteiger partial charge in [0.05, 0.1) is 13.2 Å². The fraction of sp³-hybridized carbons (Fsp3) is 0.263. The number of sulfonamides is 1. The van der Waals surface area contributed by atoms with Crippen molar-refractivity contribution in [2.45, 2.75) is 11.8 Å². The topological polar surface area (TPSA) is 119 Å². The van der Waals surface area contributed by atoms with Crippen molar-refractivity contribution in [1.29, 1.82) is 0 Å². The van der Waals surface area contributed by atoms with Crippen LogP contribution in [0.5, 0.6) is 0 Å². The van der Waals surface area contributed by atoms with E-state index in [1.807, 2.05) is 0 Å². The average molecular weight is 464 g/mol. The van der Waals surface area contributed by atoms with E-state index in [0.29, 0.717) is 5.82 Å². The minimum absolute atomic E-state index is 0.0139. The molecular weight excluding hydrogens is 446 g/mol. The van der Waals surface area contributed by atoms with Gasteiger partial charge in [0.15, 0.2) is 5.82 Å². The van der Waals surface area contributed by atoms with E-state index in [9.17, 15) is 22.0 Å². The second kappa shape index (κ2) is 8.68. The van der Waals surface area contributed by atoms with Gasteiger partial charge in [0.25, 0.3) is 5.91 Å². The highest BCUT2D eigenvalue weighted by Crippen LogP contribution is 2.23. The number of aryl methyl sites for hydroxylation is 1. The quantitative estimate of drug-likeness (QED) is 0.608. The molecule has 4 rings (SSSR count). The first-order valence-corrected chi connectivity index (χ1v) is 10.9. The summed E-state index contributed by atoms with van der Waals surface area (Å²) < 4.78 is 61.7.